The molecule has 0 aliphatic carbocycles. The first-order valence-corrected chi connectivity index (χ1v) is 6.88. The van der Waals surface area contributed by atoms with Gasteiger partial charge in [0.25, 0.3) is 0 Å². The van der Waals surface area contributed by atoms with Crippen LogP contribution in [-0.2, 0) is 6.54 Å². The van der Waals surface area contributed by atoms with Crippen LogP contribution < -0.4 is 5.32 Å². The van der Waals surface area contributed by atoms with Gasteiger partial charge in [-0.3, -0.25) is 4.90 Å². The van der Waals surface area contributed by atoms with Crippen molar-refractivity contribution in [2.45, 2.75) is 39.8 Å². The average molecular weight is 234 g/mol. The van der Waals surface area contributed by atoms with E-state index >= 15 is 0 Å². The molecule has 0 aromatic heterocycles. The Balaban J connectivity index is 0.000000686. The van der Waals surface area contributed by atoms with Gasteiger partial charge in [0.1, 0.15) is 0 Å². The van der Waals surface area contributed by atoms with Crippen molar-refractivity contribution in [2.24, 2.45) is 0 Å². The molecule has 0 radical (unpaired) electrons. The summed E-state index contributed by atoms with van der Waals surface area (Å²) in [6.45, 7) is 10.8. The summed E-state index contributed by atoms with van der Waals surface area (Å²) in [5.41, 5.74) is 1.43. The molecule has 2 nitrogen and oxygen atoms in total. The summed E-state index contributed by atoms with van der Waals surface area (Å²) >= 11 is 0. The summed E-state index contributed by atoms with van der Waals surface area (Å²) in [7, 11) is 0. The lowest BCUT2D eigenvalue weighted by atomic mass is 10.1. The molecule has 1 aromatic carbocycles. The van der Waals surface area contributed by atoms with Crippen molar-refractivity contribution < 1.29 is 0 Å². The van der Waals surface area contributed by atoms with Gasteiger partial charge in [-0.2, -0.15) is 0 Å². The molecule has 1 unspecified atom stereocenters. The fraction of sp³-hybridized carbons (Fsp3) is 0.600. The zero-order chi connectivity index (χ0) is 12.5. The maximum atomic E-state index is 3.54. The minimum Gasteiger partial charge on any atom is -0.311 e. The Morgan fingerprint density at radius 2 is 1.94 bits per heavy atom. The second-order valence-corrected chi connectivity index (χ2v) is 4.28. The first kappa shape index (κ1) is 14.2. The van der Waals surface area contributed by atoms with Gasteiger partial charge in [0.2, 0.25) is 0 Å². The number of piperazine rings is 1. The standard InChI is InChI=1S/C13H20N2.C2H6/c1-2-13-11-15(9-8-14-13)10-12-6-4-3-5-7-12;1-2/h3-7,13-14H,2,8-11H2,1H3;1-2H3. The molecule has 1 aliphatic heterocycles. The van der Waals surface area contributed by atoms with E-state index in [1.54, 1.807) is 0 Å². The van der Waals surface area contributed by atoms with Gasteiger partial charge in [-0.05, 0) is 12.0 Å². The molecule has 1 saturated heterocycles. The molecule has 0 bridgehead atoms. The molecule has 1 heterocycles. The van der Waals surface area contributed by atoms with E-state index in [4.69, 9.17) is 0 Å². The second kappa shape index (κ2) is 8.26. The van der Waals surface area contributed by atoms with Gasteiger partial charge in [-0.1, -0.05) is 51.1 Å². The largest absolute Gasteiger partial charge is 0.311 e. The van der Waals surface area contributed by atoms with Gasteiger partial charge in [0, 0.05) is 32.2 Å². The van der Waals surface area contributed by atoms with E-state index in [1.165, 1.54) is 25.1 Å². The van der Waals surface area contributed by atoms with Crippen LogP contribution in [0.15, 0.2) is 30.3 Å². The highest BCUT2D eigenvalue weighted by Crippen LogP contribution is 2.08. The van der Waals surface area contributed by atoms with Crippen LogP contribution in [0.4, 0.5) is 0 Å². The Labute approximate surface area is 106 Å². The van der Waals surface area contributed by atoms with E-state index < -0.39 is 0 Å². The zero-order valence-corrected chi connectivity index (χ0v) is 11.4. The Bertz CT molecular complexity index is 284. The minimum atomic E-state index is 0.683. The van der Waals surface area contributed by atoms with Crippen LogP contribution in [0.25, 0.3) is 0 Å². The smallest absolute Gasteiger partial charge is 0.0234 e. The van der Waals surface area contributed by atoms with E-state index in [-0.39, 0.29) is 0 Å². The lowest BCUT2D eigenvalue weighted by Crippen LogP contribution is -2.49. The van der Waals surface area contributed by atoms with E-state index in [9.17, 15) is 0 Å². The summed E-state index contributed by atoms with van der Waals surface area (Å²) in [6, 6.07) is 11.4. The number of hydrogen-bond donors (Lipinski definition) is 1. The van der Waals surface area contributed by atoms with Crippen molar-refractivity contribution in [1.29, 1.82) is 0 Å². The molecule has 1 aromatic rings. The number of rotatable bonds is 3. The van der Waals surface area contributed by atoms with Gasteiger partial charge >= 0.3 is 0 Å². The van der Waals surface area contributed by atoms with Gasteiger partial charge < -0.3 is 5.32 Å². The van der Waals surface area contributed by atoms with E-state index in [0.717, 1.165) is 13.1 Å². The number of nitrogens with one attached hydrogen (secondary N) is 1. The fourth-order valence-corrected chi connectivity index (χ4v) is 2.15. The highest BCUT2D eigenvalue weighted by molar-refractivity contribution is 5.14. The third-order valence-corrected chi connectivity index (χ3v) is 3.08. The van der Waals surface area contributed by atoms with Gasteiger partial charge in [0.15, 0.2) is 0 Å². The molecule has 2 heteroatoms. The molecule has 96 valence electrons. The summed E-state index contributed by atoms with van der Waals surface area (Å²) in [4.78, 5) is 2.54. The van der Waals surface area contributed by atoms with Crippen LogP contribution in [-0.4, -0.2) is 30.6 Å². The maximum absolute atomic E-state index is 3.54. The third kappa shape index (κ3) is 4.88. The lowest BCUT2D eigenvalue weighted by Gasteiger charge is -2.33. The van der Waals surface area contributed by atoms with E-state index in [1.807, 2.05) is 13.8 Å². The zero-order valence-electron chi connectivity index (χ0n) is 11.4. The highest BCUT2D eigenvalue weighted by atomic mass is 15.2. The fourth-order valence-electron chi connectivity index (χ4n) is 2.15. The Morgan fingerprint density at radius 1 is 1.24 bits per heavy atom. The first-order chi connectivity index (χ1) is 8.38. The predicted octanol–water partition coefficient (Wildman–Crippen LogP) is 2.90. The summed E-state index contributed by atoms with van der Waals surface area (Å²) in [5, 5.41) is 3.54. The van der Waals surface area contributed by atoms with Gasteiger partial charge in [-0.15, -0.1) is 0 Å². The summed E-state index contributed by atoms with van der Waals surface area (Å²) in [6.07, 6.45) is 1.23. The van der Waals surface area contributed by atoms with Crippen molar-refractivity contribution >= 4 is 0 Å². The van der Waals surface area contributed by atoms with Crippen LogP contribution in [0, 0.1) is 0 Å². The molecule has 0 saturated carbocycles. The van der Waals surface area contributed by atoms with Crippen LogP contribution in [0.3, 0.4) is 0 Å². The number of hydrogen-bond acceptors (Lipinski definition) is 2. The van der Waals surface area contributed by atoms with Crippen molar-refractivity contribution in [2.75, 3.05) is 19.6 Å². The lowest BCUT2D eigenvalue weighted by molar-refractivity contribution is 0.190. The van der Waals surface area contributed by atoms with Crippen LogP contribution >= 0.6 is 0 Å². The molecule has 1 N–H and O–H groups in total. The monoisotopic (exact) mass is 234 g/mol. The molecular formula is C15H26N2. The minimum absolute atomic E-state index is 0.683. The average Bonchev–Trinajstić information content (AvgIpc) is 2.42. The van der Waals surface area contributed by atoms with Crippen molar-refractivity contribution in [3.8, 4) is 0 Å². The van der Waals surface area contributed by atoms with E-state index in [2.05, 4.69) is 47.5 Å². The third-order valence-electron chi connectivity index (χ3n) is 3.08. The van der Waals surface area contributed by atoms with Crippen LogP contribution in [0.1, 0.15) is 32.8 Å². The Hall–Kier alpha value is -0.860. The second-order valence-electron chi connectivity index (χ2n) is 4.28. The molecule has 1 atom stereocenters. The van der Waals surface area contributed by atoms with Gasteiger partial charge in [-0.25, -0.2) is 0 Å². The highest BCUT2D eigenvalue weighted by Gasteiger charge is 2.17. The van der Waals surface area contributed by atoms with Gasteiger partial charge in [0.05, 0.1) is 0 Å². The van der Waals surface area contributed by atoms with Crippen LogP contribution in [0.2, 0.25) is 0 Å². The molecule has 17 heavy (non-hydrogen) atoms. The van der Waals surface area contributed by atoms with Crippen LogP contribution in [0.5, 0.6) is 0 Å². The first-order valence-electron chi connectivity index (χ1n) is 6.88. The predicted molar refractivity (Wildman–Crippen MR) is 75.1 cm³/mol. The summed E-state index contributed by atoms with van der Waals surface area (Å²) in [5.74, 6) is 0. The topological polar surface area (TPSA) is 15.3 Å². The Morgan fingerprint density at radius 3 is 2.59 bits per heavy atom. The molecule has 2 rings (SSSR count). The molecule has 1 aliphatic rings. The maximum Gasteiger partial charge on any atom is 0.0234 e. The van der Waals surface area contributed by atoms with Crippen molar-refractivity contribution in [1.82, 2.24) is 10.2 Å². The van der Waals surface area contributed by atoms with Crippen molar-refractivity contribution in [3.63, 3.8) is 0 Å². The SMILES string of the molecule is CC.CCC1CN(Cc2ccccc2)CCN1. The van der Waals surface area contributed by atoms with E-state index in [0.29, 0.717) is 6.04 Å². The molecule has 1 fully saturated rings. The number of nitrogens with zero attached hydrogens (tertiary/aromatic N) is 1. The Kier molecular flexibility index (Phi) is 6.90. The quantitative estimate of drug-likeness (QED) is 0.865. The molecule has 0 amide bonds. The molecule has 0 spiro atoms. The molecular weight excluding hydrogens is 208 g/mol. The normalized spacial score (nSPS) is 20.5. The number of benzene rings is 1. The summed E-state index contributed by atoms with van der Waals surface area (Å²) < 4.78 is 0. The van der Waals surface area contributed by atoms with Crippen molar-refractivity contribution in [3.05, 3.63) is 35.9 Å².